The predicted octanol–water partition coefficient (Wildman–Crippen LogP) is 3.34. The van der Waals surface area contributed by atoms with E-state index in [0.29, 0.717) is 23.3 Å². The van der Waals surface area contributed by atoms with Crippen molar-refractivity contribution in [3.05, 3.63) is 72.9 Å². The molecule has 152 valence electrons. The number of hydrogen-bond donors (Lipinski definition) is 1. The number of methoxy groups -OCH3 is 1. The summed E-state index contributed by atoms with van der Waals surface area (Å²) in [7, 11) is 1.62. The summed E-state index contributed by atoms with van der Waals surface area (Å²) in [5.41, 5.74) is 1.69. The normalized spacial score (nSPS) is 10.7. The van der Waals surface area contributed by atoms with Crippen LogP contribution in [0.4, 0.5) is 0 Å². The molecule has 8 nitrogen and oxygen atoms in total. The first-order chi connectivity index (χ1) is 14.7. The van der Waals surface area contributed by atoms with Crippen LogP contribution in [0.5, 0.6) is 5.75 Å². The molecule has 0 aliphatic rings. The second-order valence-corrected chi connectivity index (χ2v) is 7.17. The minimum absolute atomic E-state index is 0.122. The van der Waals surface area contributed by atoms with E-state index in [-0.39, 0.29) is 11.7 Å². The van der Waals surface area contributed by atoms with Gasteiger partial charge in [0, 0.05) is 23.6 Å². The van der Waals surface area contributed by atoms with Gasteiger partial charge in [-0.25, -0.2) is 0 Å². The third kappa shape index (κ3) is 4.52. The van der Waals surface area contributed by atoms with Gasteiger partial charge < -0.3 is 14.5 Å². The number of carbonyl (C=O) groups excluding carboxylic acids is 1. The van der Waals surface area contributed by atoms with E-state index in [1.165, 1.54) is 11.8 Å². The number of hydrogen-bond acceptors (Lipinski definition) is 7. The molecule has 9 heteroatoms. The fourth-order valence-electron chi connectivity index (χ4n) is 2.79. The average Bonchev–Trinajstić information content (AvgIpc) is 3.47. The van der Waals surface area contributed by atoms with Crippen LogP contribution in [0.3, 0.4) is 0 Å². The number of pyridine rings is 1. The van der Waals surface area contributed by atoms with Gasteiger partial charge in [0.15, 0.2) is 11.0 Å². The van der Waals surface area contributed by atoms with Gasteiger partial charge in [0.25, 0.3) is 0 Å². The number of thioether (sulfide) groups is 1. The lowest BCUT2D eigenvalue weighted by atomic mass is 10.2. The van der Waals surface area contributed by atoms with Crippen molar-refractivity contribution in [2.75, 3.05) is 12.9 Å². The van der Waals surface area contributed by atoms with Crippen LogP contribution in [0.25, 0.3) is 17.1 Å². The smallest absolute Gasteiger partial charge is 0.230 e. The molecule has 0 saturated carbocycles. The van der Waals surface area contributed by atoms with E-state index in [9.17, 15) is 4.79 Å². The van der Waals surface area contributed by atoms with E-state index in [1.54, 1.807) is 31.8 Å². The van der Waals surface area contributed by atoms with Crippen molar-refractivity contribution in [2.24, 2.45) is 0 Å². The molecule has 0 atom stereocenters. The van der Waals surface area contributed by atoms with Crippen molar-refractivity contribution in [1.82, 2.24) is 25.1 Å². The number of furan rings is 1. The predicted molar refractivity (Wildman–Crippen MR) is 112 cm³/mol. The summed E-state index contributed by atoms with van der Waals surface area (Å²) in [4.78, 5) is 16.4. The molecule has 4 aromatic rings. The van der Waals surface area contributed by atoms with Gasteiger partial charge >= 0.3 is 0 Å². The van der Waals surface area contributed by atoms with Gasteiger partial charge in [-0.2, -0.15) is 0 Å². The van der Waals surface area contributed by atoms with Crippen LogP contribution in [0.2, 0.25) is 0 Å². The molecule has 0 bridgehead atoms. The third-order valence-electron chi connectivity index (χ3n) is 4.26. The van der Waals surface area contributed by atoms with Crippen molar-refractivity contribution in [3.8, 4) is 22.8 Å². The highest BCUT2D eigenvalue weighted by Crippen LogP contribution is 2.28. The topological polar surface area (TPSA) is 95.1 Å². The summed E-state index contributed by atoms with van der Waals surface area (Å²) in [6.07, 6.45) is 5.01. The number of nitrogens with one attached hydrogen (secondary N) is 1. The summed E-state index contributed by atoms with van der Waals surface area (Å²) < 4.78 is 12.4. The Morgan fingerprint density at radius 2 is 2.03 bits per heavy atom. The van der Waals surface area contributed by atoms with Crippen LogP contribution >= 0.6 is 11.8 Å². The first kappa shape index (κ1) is 19.7. The Labute approximate surface area is 177 Å². The first-order valence-corrected chi connectivity index (χ1v) is 10.2. The number of ether oxygens (including phenoxy) is 1. The van der Waals surface area contributed by atoms with Gasteiger partial charge in [-0.05, 0) is 48.5 Å². The Kier molecular flexibility index (Phi) is 6.09. The zero-order valence-electron chi connectivity index (χ0n) is 16.2. The highest BCUT2D eigenvalue weighted by atomic mass is 32.2. The Balaban J connectivity index is 1.56. The lowest BCUT2D eigenvalue weighted by Crippen LogP contribution is -2.24. The quantitative estimate of drug-likeness (QED) is 0.436. The molecule has 1 amide bonds. The van der Waals surface area contributed by atoms with Gasteiger partial charge in [-0.15, -0.1) is 10.2 Å². The number of nitrogens with zero attached hydrogens (tertiary/aromatic N) is 4. The molecule has 0 saturated heterocycles. The number of benzene rings is 1. The fourth-order valence-corrected chi connectivity index (χ4v) is 3.57. The molecule has 1 aromatic carbocycles. The maximum atomic E-state index is 12.3. The van der Waals surface area contributed by atoms with Crippen LogP contribution < -0.4 is 10.1 Å². The largest absolute Gasteiger partial charge is 0.497 e. The van der Waals surface area contributed by atoms with Gasteiger partial charge in [0.05, 0.1) is 25.7 Å². The van der Waals surface area contributed by atoms with Crippen LogP contribution in [0.15, 0.2) is 76.8 Å². The molecular formula is C21H19N5O3S. The third-order valence-corrected chi connectivity index (χ3v) is 5.18. The Morgan fingerprint density at radius 3 is 2.73 bits per heavy atom. The highest BCUT2D eigenvalue weighted by molar-refractivity contribution is 7.99. The van der Waals surface area contributed by atoms with Crippen LogP contribution in [0, 0.1) is 0 Å². The van der Waals surface area contributed by atoms with Gasteiger partial charge in [-0.1, -0.05) is 11.8 Å². The zero-order chi connectivity index (χ0) is 20.8. The molecule has 30 heavy (non-hydrogen) atoms. The maximum absolute atomic E-state index is 12.3. The molecule has 0 radical (unpaired) electrons. The van der Waals surface area contributed by atoms with E-state index in [0.717, 1.165) is 17.0 Å². The average molecular weight is 421 g/mol. The van der Waals surface area contributed by atoms with Crippen molar-refractivity contribution in [2.45, 2.75) is 11.7 Å². The summed E-state index contributed by atoms with van der Waals surface area (Å²) in [5, 5.41) is 12.1. The highest BCUT2D eigenvalue weighted by Gasteiger charge is 2.17. The van der Waals surface area contributed by atoms with Gasteiger partial charge in [-0.3, -0.25) is 14.3 Å². The van der Waals surface area contributed by atoms with Crippen molar-refractivity contribution >= 4 is 17.7 Å². The summed E-state index contributed by atoms with van der Waals surface area (Å²) >= 11 is 1.31. The molecule has 3 aromatic heterocycles. The van der Waals surface area contributed by atoms with Crippen LogP contribution in [0.1, 0.15) is 5.76 Å². The summed E-state index contributed by atoms with van der Waals surface area (Å²) in [6, 6.07) is 14.9. The van der Waals surface area contributed by atoms with E-state index in [2.05, 4.69) is 20.5 Å². The zero-order valence-corrected chi connectivity index (χ0v) is 17.0. The SMILES string of the molecule is COc1ccc(-n2c(SCC(=O)NCc3ccco3)nnc2-c2cccnc2)cc1. The lowest BCUT2D eigenvalue weighted by Gasteiger charge is -2.11. The van der Waals surface area contributed by atoms with E-state index >= 15 is 0 Å². The Bertz CT molecular complexity index is 1100. The number of amides is 1. The standard InChI is InChI=1S/C21H19N5O3S/c1-28-17-8-6-16(7-9-17)26-20(15-4-2-10-22-12-15)24-25-21(26)30-14-19(27)23-13-18-5-3-11-29-18/h2-12H,13-14H2,1H3,(H,23,27). The van der Waals surface area contributed by atoms with E-state index in [4.69, 9.17) is 9.15 Å². The van der Waals surface area contributed by atoms with Crippen LogP contribution in [-0.2, 0) is 11.3 Å². The molecule has 0 fully saturated rings. The van der Waals surface area contributed by atoms with Crippen molar-refractivity contribution in [3.63, 3.8) is 0 Å². The lowest BCUT2D eigenvalue weighted by molar-refractivity contribution is -0.118. The minimum Gasteiger partial charge on any atom is -0.497 e. The van der Waals surface area contributed by atoms with E-state index in [1.807, 2.05) is 47.0 Å². The molecule has 1 N–H and O–H groups in total. The van der Waals surface area contributed by atoms with Gasteiger partial charge in [0.2, 0.25) is 5.91 Å². The van der Waals surface area contributed by atoms with Crippen LogP contribution in [-0.4, -0.2) is 38.5 Å². The molecule has 0 unspecified atom stereocenters. The molecule has 3 heterocycles. The maximum Gasteiger partial charge on any atom is 0.230 e. The second-order valence-electron chi connectivity index (χ2n) is 6.23. The molecule has 0 aliphatic carbocycles. The second kappa shape index (κ2) is 9.27. The molecule has 0 aliphatic heterocycles. The molecule has 4 rings (SSSR count). The summed E-state index contributed by atoms with van der Waals surface area (Å²) in [6.45, 7) is 0.346. The minimum atomic E-state index is -0.122. The monoisotopic (exact) mass is 421 g/mol. The number of aromatic nitrogens is 4. The van der Waals surface area contributed by atoms with E-state index < -0.39 is 0 Å². The fraction of sp³-hybridized carbons (Fsp3) is 0.143. The van der Waals surface area contributed by atoms with Crippen molar-refractivity contribution in [1.29, 1.82) is 0 Å². The molecule has 0 spiro atoms. The van der Waals surface area contributed by atoms with Gasteiger partial charge in [0.1, 0.15) is 11.5 Å². The molecular weight excluding hydrogens is 402 g/mol. The van der Waals surface area contributed by atoms with Crippen molar-refractivity contribution < 1.29 is 13.9 Å². The first-order valence-electron chi connectivity index (χ1n) is 9.16. The number of carbonyl (C=O) groups is 1. The Morgan fingerprint density at radius 1 is 1.17 bits per heavy atom. The summed E-state index contributed by atoms with van der Waals surface area (Å²) in [5.74, 6) is 2.17. The number of rotatable bonds is 8. The Hall–Kier alpha value is -3.59.